The SMILES string of the molecule is C=C(CCN)C(=C)C(C)(C)C(C)(C)N. The Hall–Kier alpha value is -0.600. The summed E-state index contributed by atoms with van der Waals surface area (Å²) in [6.07, 6.45) is 0.790. The molecule has 0 amide bonds. The first-order valence-corrected chi connectivity index (χ1v) is 5.01. The molecule has 4 N–H and O–H groups in total. The van der Waals surface area contributed by atoms with Crippen LogP contribution < -0.4 is 11.5 Å². The zero-order chi connectivity index (χ0) is 11.6. The second kappa shape index (κ2) is 4.28. The maximum Gasteiger partial charge on any atom is 0.0189 e. The number of nitrogens with two attached hydrogens (primary N) is 2. The summed E-state index contributed by atoms with van der Waals surface area (Å²) < 4.78 is 0. The van der Waals surface area contributed by atoms with Gasteiger partial charge in [-0.05, 0) is 32.4 Å². The van der Waals surface area contributed by atoms with Gasteiger partial charge in [0.2, 0.25) is 0 Å². The third kappa shape index (κ3) is 2.69. The van der Waals surface area contributed by atoms with E-state index >= 15 is 0 Å². The first-order chi connectivity index (χ1) is 6.14. The lowest BCUT2D eigenvalue weighted by atomic mass is 9.68. The third-order valence-electron chi connectivity index (χ3n) is 3.24. The van der Waals surface area contributed by atoms with E-state index in [1.54, 1.807) is 0 Å². The summed E-state index contributed by atoms with van der Waals surface area (Å²) in [5, 5.41) is 0. The molecule has 0 aromatic carbocycles. The van der Waals surface area contributed by atoms with Crippen molar-refractivity contribution in [2.75, 3.05) is 6.54 Å². The molecule has 0 atom stereocenters. The van der Waals surface area contributed by atoms with Crippen LogP contribution in [0.25, 0.3) is 0 Å². The molecule has 0 radical (unpaired) electrons. The van der Waals surface area contributed by atoms with E-state index in [0.29, 0.717) is 6.54 Å². The normalized spacial score (nSPS) is 12.7. The lowest BCUT2D eigenvalue weighted by molar-refractivity contribution is 0.256. The lowest BCUT2D eigenvalue weighted by Crippen LogP contribution is -2.48. The Morgan fingerprint density at radius 2 is 1.57 bits per heavy atom. The highest BCUT2D eigenvalue weighted by atomic mass is 14.8. The van der Waals surface area contributed by atoms with Crippen molar-refractivity contribution in [3.63, 3.8) is 0 Å². The standard InChI is InChI=1S/C12H24N2/c1-9(7-8-13)10(2)11(3,4)12(5,6)14/h1-2,7-8,13-14H2,3-6H3. The molecule has 0 unspecified atom stereocenters. The molecule has 82 valence electrons. The minimum atomic E-state index is -0.304. The third-order valence-corrected chi connectivity index (χ3v) is 3.24. The topological polar surface area (TPSA) is 52.0 Å². The van der Waals surface area contributed by atoms with Gasteiger partial charge in [-0.2, -0.15) is 0 Å². The summed E-state index contributed by atoms with van der Waals surface area (Å²) in [5.74, 6) is 0. The van der Waals surface area contributed by atoms with Crippen molar-refractivity contribution in [3.8, 4) is 0 Å². The first kappa shape index (κ1) is 13.4. The molecule has 0 heterocycles. The minimum absolute atomic E-state index is 0.154. The van der Waals surface area contributed by atoms with E-state index in [0.717, 1.165) is 17.6 Å². The van der Waals surface area contributed by atoms with Crippen LogP contribution in [0.15, 0.2) is 24.3 Å². The molecule has 0 rings (SSSR count). The molecule has 0 spiro atoms. The Balaban J connectivity index is 4.76. The van der Waals surface area contributed by atoms with Gasteiger partial charge in [0.1, 0.15) is 0 Å². The Morgan fingerprint density at radius 3 is 1.86 bits per heavy atom. The molecule has 0 aliphatic heterocycles. The summed E-state index contributed by atoms with van der Waals surface area (Å²) in [6.45, 7) is 16.9. The van der Waals surface area contributed by atoms with E-state index in [-0.39, 0.29) is 11.0 Å². The number of hydrogen-bond donors (Lipinski definition) is 2. The van der Waals surface area contributed by atoms with Crippen molar-refractivity contribution in [3.05, 3.63) is 24.3 Å². The fourth-order valence-corrected chi connectivity index (χ4v) is 1.16. The van der Waals surface area contributed by atoms with Gasteiger partial charge in [0, 0.05) is 11.0 Å². The second-order valence-corrected chi connectivity index (χ2v) is 4.97. The molecule has 2 nitrogen and oxygen atoms in total. The molecule has 0 aromatic rings. The molecule has 0 aliphatic rings. The predicted octanol–water partition coefficient (Wildman–Crippen LogP) is 2.21. The van der Waals surface area contributed by atoms with E-state index in [1.165, 1.54) is 0 Å². The average molecular weight is 196 g/mol. The average Bonchev–Trinajstić information content (AvgIpc) is 2.01. The zero-order valence-electron chi connectivity index (χ0n) is 9.98. The van der Waals surface area contributed by atoms with Gasteiger partial charge in [-0.1, -0.05) is 32.6 Å². The molecule has 2 heteroatoms. The molecule has 0 aromatic heterocycles. The lowest BCUT2D eigenvalue weighted by Gasteiger charge is -2.41. The van der Waals surface area contributed by atoms with Crippen LogP contribution in [-0.2, 0) is 0 Å². The van der Waals surface area contributed by atoms with Gasteiger partial charge in [0.05, 0.1) is 0 Å². The fraction of sp³-hybridized carbons (Fsp3) is 0.667. The van der Waals surface area contributed by atoms with Crippen LogP contribution in [0.5, 0.6) is 0 Å². The van der Waals surface area contributed by atoms with Crippen LogP contribution in [0.2, 0.25) is 0 Å². The van der Waals surface area contributed by atoms with Crippen LogP contribution in [0.4, 0.5) is 0 Å². The summed E-state index contributed by atoms with van der Waals surface area (Å²) in [7, 11) is 0. The van der Waals surface area contributed by atoms with Crippen molar-refractivity contribution in [1.29, 1.82) is 0 Å². The van der Waals surface area contributed by atoms with E-state index in [2.05, 4.69) is 27.0 Å². The van der Waals surface area contributed by atoms with Crippen molar-refractivity contribution < 1.29 is 0 Å². The summed E-state index contributed by atoms with van der Waals surface area (Å²) in [6, 6.07) is 0. The molecular weight excluding hydrogens is 172 g/mol. The molecule has 14 heavy (non-hydrogen) atoms. The molecule has 0 saturated carbocycles. The van der Waals surface area contributed by atoms with Gasteiger partial charge >= 0.3 is 0 Å². The van der Waals surface area contributed by atoms with Crippen LogP contribution in [0, 0.1) is 5.41 Å². The number of rotatable bonds is 5. The predicted molar refractivity (Wildman–Crippen MR) is 64.0 cm³/mol. The summed E-state index contributed by atoms with van der Waals surface area (Å²) in [5.41, 5.74) is 13.2. The smallest absolute Gasteiger partial charge is 0.0189 e. The summed E-state index contributed by atoms with van der Waals surface area (Å²) in [4.78, 5) is 0. The largest absolute Gasteiger partial charge is 0.330 e. The monoisotopic (exact) mass is 196 g/mol. The Kier molecular flexibility index (Phi) is 4.10. The summed E-state index contributed by atoms with van der Waals surface area (Å²) >= 11 is 0. The van der Waals surface area contributed by atoms with Crippen LogP contribution in [0.3, 0.4) is 0 Å². The van der Waals surface area contributed by atoms with Crippen molar-refractivity contribution in [2.24, 2.45) is 16.9 Å². The highest BCUT2D eigenvalue weighted by Gasteiger charge is 2.36. The van der Waals surface area contributed by atoms with Gasteiger partial charge in [-0.3, -0.25) is 0 Å². The molecule has 0 aliphatic carbocycles. The molecule has 0 saturated heterocycles. The molecule has 0 fully saturated rings. The Bertz CT molecular complexity index is 231. The van der Waals surface area contributed by atoms with Crippen LogP contribution >= 0.6 is 0 Å². The quantitative estimate of drug-likeness (QED) is 0.662. The van der Waals surface area contributed by atoms with Crippen LogP contribution in [0.1, 0.15) is 34.1 Å². The van der Waals surface area contributed by atoms with E-state index in [4.69, 9.17) is 11.5 Å². The van der Waals surface area contributed by atoms with Crippen molar-refractivity contribution in [1.82, 2.24) is 0 Å². The fourth-order valence-electron chi connectivity index (χ4n) is 1.16. The van der Waals surface area contributed by atoms with E-state index < -0.39 is 0 Å². The maximum absolute atomic E-state index is 6.11. The van der Waals surface area contributed by atoms with Gasteiger partial charge in [0.25, 0.3) is 0 Å². The highest BCUT2D eigenvalue weighted by Crippen LogP contribution is 2.39. The second-order valence-electron chi connectivity index (χ2n) is 4.97. The Labute approximate surface area is 88.1 Å². The van der Waals surface area contributed by atoms with Gasteiger partial charge in [0.15, 0.2) is 0 Å². The van der Waals surface area contributed by atoms with E-state index in [1.807, 2.05) is 13.8 Å². The Morgan fingerprint density at radius 1 is 1.14 bits per heavy atom. The molecular formula is C12H24N2. The van der Waals surface area contributed by atoms with E-state index in [9.17, 15) is 0 Å². The van der Waals surface area contributed by atoms with Crippen LogP contribution in [-0.4, -0.2) is 12.1 Å². The maximum atomic E-state index is 6.11. The first-order valence-electron chi connectivity index (χ1n) is 5.01. The molecule has 0 bridgehead atoms. The van der Waals surface area contributed by atoms with Gasteiger partial charge < -0.3 is 11.5 Å². The van der Waals surface area contributed by atoms with Crippen molar-refractivity contribution >= 4 is 0 Å². The minimum Gasteiger partial charge on any atom is -0.330 e. The van der Waals surface area contributed by atoms with Gasteiger partial charge in [-0.25, -0.2) is 0 Å². The van der Waals surface area contributed by atoms with Crippen molar-refractivity contribution in [2.45, 2.75) is 39.7 Å². The van der Waals surface area contributed by atoms with Gasteiger partial charge in [-0.15, -0.1) is 0 Å². The highest BCUT2D eigenvalue weighted by molar-refractivity contribution is 5.33. The zero-order valence-corrected chi connectivity index (χ0v) is 9.98. The number of hydrogen-bond acceptors (Lipinski definition) is 2.